The van der Waals surface area contributed by atoms with Gasteiger partial charge in [0.05, 0.1) is 26.5 Å². The number of piperidine rings is 1. The lowest BCUT2D eigenvalue weighted by Gasteiger charge is -2.33. The summed E-state index contributed by atoms with van der Waals surface area (Å²) in [7, 11) is 5.51. The van der Waals surface area contributed by atoms with Gasteiger partial charge in [-0.05, 0) is 92.7 Å². The summed E-state index contributed by atoms with van der Waals surface area (Å²) in [5.74, 6) is 2.59. The van der Waals surface area contributed by atoms with E-state index in [1.54, 1.807) is 14.2 Å². The predicted molar refractivity (Wildman–Crippen MR) is 158 cm³/mol. The van der Waals surface area contributed by atoms with Crippen LogP contribution >= 0.6 is 0 Å². The van der Waals surface area contributed by atoms with Crippen molar-refractivity contribution in [2.24, 2.45) is 0 Å². The molecule has 39 heavy (non-hydrogen) atoms. The first-order valence-electron chi connectivity index (χ1n) is 14.4. The number of carbonyl (C=O) groups excluding carboxylic acids is 1. The summed E-state index contributed by atoms with van der Waals surface area (Å²) in [6.07, 6.45) is 3.17. The number of methoxy groups -OCH3 is 2. The Balaban J connectivity index is 1.31. The second kappa shape index (κ2) is 12.0. The van der Waals surface area contributed by atoms with E-state index in [1.165, 1.54) is 16.5 Å². The number of carbonyl (C=O) groups is 1. The molecule has 2 aliphatic heterocycles. The number of aromatic nitrogens is 1. The number of hydrogen-bond donors (Lipinski definition) is 1. The lowest BCUT2D eigenvalue weighted by atomic mass is 9.87. The number of benzene rings is 2. The Morgan fingerprint density at radius 3 is 2.44 bits per heavy atom. The van der Waals surface area contributed by atoms with E-state index in [1.807, 2.05) is 12.1 Å². The zero-order valence-electron chi connectivity index (χ0n) is 24.3. The third-order valence-corrected chi connectivity index (χ3v) is 8.60. The van der Waals surface area contributed by atoms with Gasteiger partial charge in [0.1, 0.15) is 0 Å². The molecule has 2 aliphatic rings. The van der Waals surface area contributed by atoms with Crippen LogP contribution < -0.4 is 9.47 Å². The van der Waals surface area contributed by atoms with Gasteiger partial charge in [-0.25, -0.2) is 0 Å². The number of nitrogens with one attached hydrogen (secondary N) is 1. The smallest absolute Gasteiger partial charge is 0.236 e. The van der Waals surface area contributed by atoms with Crippen LogP contribution in [0.2, 0.25) is 0 Å². The van der Waals surface area contributed by atoms with Crippen molar-refractivity contribution in [2.75, 3.05) is 67.1 Å². The number of nitrogens with zero attached hydrogens (tertiary/aromatic N) is 3. The van der Waals surface area contributed by atoms with Crippen LogP contribution in [0, 0.1) is 0 Å². The van der Waals surface area contributed by atoms with E-state index >= 15 is 0 Å². The molecule has 0 radical (unpaired) electrons. The van der Waals surface area contributed by atoms with E-state index < -0.39 is 0 Å². The molecular weight excluding hydrogens is 488 g/mol. The molecule has 7 heteroatoms. The van der Waals surface area contributed by atoms with Crippen molar-refractivity contribution in [1.82, 2.24) is 19.7 Å². The van der Waals surface area contributed by atoms with Crippen molar-refractivity contribution in [3.63, 3.8) is 0 Å². The molecule has 0 saturated carbocycles. The van der Waals surface area contributed by atoms with E-state index in [-0.39, 0.29) is 0 Å². The third kappa shape index (κ3) is 5.94. The fourth-order valence-electron chi connectivity index (χ4n) is 6.31. The van der Waals surface area contributed by atoms with Crippen molar-refractivity contribution in [3.8, 4) is 22.8 Å². The minimum atomic E-state index is 0.292. The molecule has 0 bridgehead atoms. The largest absolute Gasteiger partial charge is 0.493 e. The molecule has 1 amide bonds. The first-order valence-corrected chi connectivity index (χ1v) is 14.4. The van der Waals surface area contributed by atoms with Gasteiger partial charge in [0.2, 0.25) is 5.91 Å². The van der Waals surface area contributed by atoms with Crippen LogP contribution in [0.25, 0.3) is 22.2 Å². The molecule has 3 aromatic rings. The van der Waals surface area contributed by atoms with Gasteiger partial charge in [0.15, 0.2) is 11.5 Å². The molecular formula is C32H44N4O3. The number of likely N-dealkylation sites (N-methyl/N-ethyl adjacent to an activating group) is 1. The van der Waals surface area contributed by atoms with Crippen LogP contribution in [0.3, 0.4) is 0 Å². The fourth-order valence-corrected chi connectivity index (χ4v) is 6.31. The number of rotatable bonds is 7. The second-order valence-electron chi connectivity index (χ2n) is 11.5. The van der Waals surface area contributed by atoms with Gasteiger partial charge in [-0.3, -0.25) is 9.69 Å². The van der Waals surface area contributed by atoms with Crippen LogP contribution in [0.15, 0.2) is 36.4 Å². The average Bonchev–Trinajstić information content (AvgIpc) is 3.22. The Morgan fingerprint density at radius 2 is 1.72 bits per heavy atom. The number of hydrogen-bond acceptors (Lipinski definition) is 5. The Hall–Kier alpha value is -3.03. The highest BCUT2D eigenvalue weighted by molar-refractivity contribution is 5.92. The number of H-pyrrole nitrogens is 1. The first kappa shape index (κ1) is 27.5. The quantitative estimate of drug-likeness (QED) is 0.446. The molecule has 1 N–H and O–H groups in total. The van der Waals surface area contributed by atoms with Gasteiger partial charge in [-0.2, -0.15) is 0 Å². The molecule has 210 valence electrons. The molecule has 3 heterocycles. The van der Waals surface area contributed by atoms with E-state index in [9.17, 15) is 4.79 Å². The maximum absolute atomic E-state index is 13.1. The summed E-state index contributed by atoms with van der Waals surface area (Å²) in [5.41, 5.74) is 6.10. The Labute approximate surface area is 233 Å². The van der Waals surface area contributed by atoms with Gasteiger partial charge in [-0.1, -0.05) is 19.9 Å². The molecule has 0 atom stereocenters. The van der Waals surface area contributed by atoms with E-state index in [0.29, 0.717) is 24.3 Å². The van der Waals surface area contributed by atoms with Gasteiger partial charge in [-0.15, -0.1) is 0 Å². The lowest BCUT2D eigenvalue weighted by Crippen LogP contribution is -2.44. The molecule has 5 rings (SSSR count). The monoisotopic (exact) mass is 532 g/mol. The normalized spacial score (nSPS) is 18.1. The van der Waals surface area contributed by atoms with Crippen LogP contribution in [0.4, 0.5) is 0 Å². The van der Waals surface area contributed by atoms with E-state index in [2.05, 4.69) is 64.8 Å². The van der Waals surface area contributed by atoms with Crippen molar-refractivity contribution in [3.05, 3.63) is 47.5 Å². The number of ether oxygens (including phenoxy) is 2. The molecule has 1 aromatic heterocycles. The molecule has 0 aliphatic carbocycles. The van der Waals surface area contributed by atoms with Crippen LogP contribution in [0.5, 0.6) is 11.5 Å². The Morgan fingerprint density at radius 1 is 0.949 bits per heavy atom. The summed E-state index contributed by atoms with van der Waals surface area (Å²) in [6.45, 7) is 10.9. The van der Waals surface area contributed by atoms with E-state index in [4.69, 9.17) is 9.47 Å². The summed E-state index contributed by atoms with van der Waals surface area (Å²) < 4.78 is 11.0. The zero-order valence-corrected chi connectivity index (χ0v) is 24.3. The van der Waals surface area contributed by atoms with Gasteiger partial charge in [0, 0.05) is 42.6 Å². The second-order valence-corrected chi connectivity index (χ2v) is 11.5. The molecule has 2 saturated heterocycles. The third-order valence-electron chi connectivity index (χ3n) is 8.60. The van der Waals surface area contributed by atoms with Crippen molar-refractivity contribution in [1.29, 1.82) is 0 Å². The number of fused-ring (bicyclic) bond motifs is 1. The molecule has 2 aromatic carbocycles. The SMILES string of the molecule is COc1ccc(-c2[nH]c3ccc(C4CCN(C(=O)CN5CCCN(C)CC5)CC4)cc3c2C(C)C)cc1OC. The summed E-state index contributed by atoms with van der Waals surface area (Å²) in [5, 5.41) is 1.29. The van der Waals surface area contributed by atoms with Crippen molar-refractivity contribution < 1.29 is 14.3 Å². The van der Waals surface area contributed by atoms with Crippen molar-refractivity contribution >= 4 is 16.8 Å². The summed E-state index contributed by atoms with van der Waals surface area (Å²) in [4.78, 5) is 23.5. The molecule has 0 spiro atoms. The van der Waals surface area contributed by atoms with Gasteiger partial charge in [0.25, 0.3) is 0 Å². The summed E-state index contributed by atoms with van der Waals surface area (Å²) >= 11 is 0. The number of likely N-dealkylation sites (tertiary alicyclic amines) is 1. The van der Waals surface area contributed by atoms with Gasteiger partial charge >= 0.3 is 0 Å². The van der Waals surface area contributed by atoms with Crippen LogP contribution in [-0.4, -0.2) is 92.7 Å². The maximum atomic E-state index is 13.1. The lowest BCUT2D eigenvalue weighted by molar-refractivity contribution is -0.133. The summed E-state index contributed by atoms with van der Waals surface area (Å²) in [6, 6.07) is 13.0. The molecule has 7 nitrogen and oxygen atoms in total. The van der Waals surface area contributed by atoms with Crippen LogP contribution in [0.1, 0.15) is 56.1 Å². The van der Waals surface area contributed by atoms with Crippen molar-refractivity contribution in [2.45, 2.75) is 44.9 Å². The topological polar surface area (TPSA) is 61.0 Å². The minimum Gasteiger partial charge on any atom is -0.493 e. The minimum absolute atomic E-state index is 0.292. The standard InChI is InChI=1S/C32H44N4O3/c1-22(2)31-26-19-24(7-9-27(26)33-32(31)25-8-10-28(38-4)29(20-25)39-5)23-11-15-36(16-12-23)30(37)21-35-14-6-13-34(3)17-18-35/h7-10,19-20,22-23,33H,6,11-18,21H2,1-5H3. The zero-order chi connectivity index (χ0) is 27.5. The highest BCUT2D eigenvalue weighted by Crippen LogP contribution is 2.40. The maximum Gasteiger partial charge on any atom is 0.236 e. The fraction of sp³-hybridized carbons (Fsp3) is 0.531. The van der Waals surface area contributed by atoms with E-state index in [0.717, 1.165) is 86.8 Å². The molecule has 0 unspecified atom stereocenters. The highest BCUT2D eigenvalue weighted by atomic mass is 16.5. The number of amides is 1. The Bertz CT molecular complexity index is 1290. The van der Waals surface area contributed by atoms with Crippen LogP contribution in [-0.2, 0) is 4.79 Å². The predicted octanol–water partition coefficient (Wildman–Crippen LogP) is 5.32. The highest BCUT2D eigenvalue weighted by Gasteiger charge is 2.26. The molecule has 2 fully saturated rings. The number of aromatic amines is 1. The average molecular weight is 533 g/mol. The first-order chi connectivity index (χ1) is 18.9. The Kier molecular flexibility index (Phi) is 8.48. The van der Waals surface area contributed by atoms with Gasteiger partial charge < -0.3 is 24.3 Å².